The first kappa shape index (κ1) is 41.7. The van der Waals surface area contributed by atoms with Gasteiger partial charge in [0.2, 0.25) is 0 Å². The molecule has 2 atom stereocenters. The van der Waals surface area contributed by atoms with Gasteiger partial charge in [0.1, 0.15) is 0 Å². The fraction of sp³-hybridized carbons (Fsp3) is 0.133. The second-order valence-electron chi connectivity index (χ2n) is 17.9. The van der Waals surface area contributed by atoms with Crippen LogP contribution in [-0.2, 0) is 16.4 Å². The average molecular weight is 934 g/mol. The van der Waals surface area contributed by atoms with E-state index >= 15 is 0 Å². The minimum absolute atomic E-state index is 0.0472. The van der Waals surface area contributed by atoms with Crippen LogP contribution in [0, 0.1) is 13.8 Å². The van der Waals surface area contributed by atoms with Crippen molar-refractivity contribution in [2.24, 2.45) is 0 Å². The summed E-state index contributed by atoms with van der Waals surface area (Å²) in [7, 11) is 17.4. The molecule has 0 saturated heterocycles. The maximum atomic E-state index is 8.69. The summed E-state index contributed by atoms with van der Waals surface area (Å²) in [6.07, 6.45) is 4.84. The van der Waals surface area contributed by atoms with Gasteiger partial charge in [-0.1, -0.05) is 0 Å². The van der Waals surface area contributed by atoms with E-state index < -0.39 is 16.4 Å². The van der Waals surface area contributed by atoms with E-state index in [-0.39, 0.29) is 7.25 Å². The van der Waals surface area contributed by atoms with Gasteiger partial charge < -0.3 is 0 Å². The predicted molar refractivity (Wildman–Crippen MR) is 270 cm³/mol. The summed E-state index contributed by atoms with van der Waals surface area (Å²) in [5, 5.41) is 0. The summed E-state index contributed by atoms with van der Waals surface area (Å²) in [5.41, 5.74) is 24.6. The first-order valence-corrected chi connectivity index (χ1v) is 33.2. The van der Waals surface area contributed by atoms with Crippen molar-refractivity contribution in [3.63, 3.8) is 0 Å². The van der Waals surface area contributed by atoms with Crippen molar-refractivity contribution in [3.05, 3.63) is 227 Å². The zero-order chi connectivity index (χ0) is 43.5. The fourth-order valence-corrected chi connectivity index (χ4v) is 30.2. The van der Waals surface area contributed by atoms with E-state index in [1.165, 1.54) is 111 Å². The summed E-state index contributed by atoms with van der Waals surface area (Å²) in [6, 6.07) is 66.2. The van der Waals surface area contributed by atoms with Crippen LogP contribution in [0.1, 0.15) is 61.4 Å². The monoisotopic (exact) mass is 931 g/mol. The molecule has 0 amide bonds. The summed E-state index contributed by atoms with van der Waals surface area (Å²) in [4.78, 5) is 0. The number of aryl methyl sites for hydroxylation is 2. The van der Waals surface area contributed by atoms with Crippen LogP contribution in [-0.4, -0.2) is 0 Å². The summed E-state index contributed by atoms with van der Waals surface area (Å²) in [6.45, 7) is 11.4. The number of hydrogen-bond acceptors (Lipinski definition) is 0. The van der Waals surface area contributed by atoms with Crippen molar-refractivity contribution >= 4 is 29.2 Å². The van der Waals surface area contributed by atoms with Crippen LogP contribution >= 0.6 is 17.0 Å². The Morgan fingerprint density at radius 3 is 0.937 bits per heavy atom. The standard InChI is InChI=1S/2C29H23.C2H5.2ClH.Zr/c2*1-20-15-28-21(2)13-14-27(29(28)16-20)26-18-24(22-9-5-3-6-10-22)17-25(19-26)23-11-7-4-8-12-23;1-2;;;/h2*3-19H,1-2H3;1H2,2H3;2*1H;/q;;;;;+2/p-2. The molecule has 2 unspecified atom stereocenters. The van der Waals surface area contributed by atoms with E-state index in [0.717, 1.165) is 4.13 Å². The summed E-state index contributed by atoms with van der Waals surface area (Å²) < 4.78 is 0.661. The molecule has 63 heavy (non-hydrogen) atoms. The van der Waals surface area contributed by atoms with Crippen molar-refractivity contribution in [2.75, 3.05) is 0 Å². The molecule has 10 rings (SSSR count). The molecule has 8 aromatic carbocycles. The Hall–Kier alpha value is -5.30. The normalized spacial score (nSPS) is 16.1. The Morgan fingerprint density at radius 2 is 0.651 bits per heavy atom. The molecular formula is C60H51Cl2Zr. The molecule has 0 nitrogen and oxygen atoms in total. The third-order valence-electron chi connectivity index (χ3n) is 14.0. The van der Waals surface area contributed by atoms with Gasteiger partial charge in [-0.15, -0.1) is 0 Å². The molecular weight excluding hydrogens is 883 g/mol. The molecule has 0 heterocycles. The molecule has 0 aromatic heterocycles. The van der Waals surface area contributed by atoms with Crippen LogP contribution in [0.4, 0.5) is 0 Å². The third-order valence-corrected chi connectivity index (χ3v) is 35.1. The second-order valence-corrected chi connectivity index (χ2v) is 40.8. The SMILES string of the molecule is C[CH2][Zr]([Cl])([Cl])([CH]1C(C)=Cc2c(-c3cc(-c4ccccc4)cc(-c4ccccc4)c3)ccc(C)c21)[CH]1C(C)=Cc2c(-c3cc(-c4ccccc4)cc(-c4ccccc4)c3)ccc(C)c21. The molecule has 3 heteroatoms. The van der Waals surface area contributed by atoms with Gasteiger partial charge in [0.25, 0.3) is 0 Å². The van der Waals surface area contributed by atoms with Gasteiger partial charge >= 0.3 is 385 Å². The van der Waals surface area contributed by atoms with Crippen LogP contribution in [0.5, 0.6) is 0 Å². The first-order chi connectivity index (χ1) is 30.5. The molecule has 0 aliphatic heterocycles. The number of allylic oxidation sites excluding steroid dienone is 2. The molecule has 0 spiro atoms. The predicted octanol–water partition coefficient (Wildman–Crippen LogP) is 18.4. The zero-order valence-corrected chi connectivity index (χ0v) is 40.6. The van der Waals surface area contributed by atoms with Gasteiger partial charge in [-0.05, 0) is 0 Å². The molecule has 0 fully saturated rings. The molecule has 0 saturated carbocycles. The van der Waals surface area contributed by atoms with Gasteiger partial charge in [0.05, 0.1) is 0 Å². The Kier molecular flexibility index (Phi) is 10.8. The Labute approximate surface area is 381 Å². The molecule has 8 aromatic rings. The van der Waals surface area contributed by atoms with E-state index in [1.54, 1.807) is 0 Å². The van der Waals surface area contributed by atoms with Gasteiger partial charge in [-0.3, -0.25) is 0 Å². The van der Waals surface area contributed by atoms with Gasteiger partial charge in [0.15, 0.2) is 0 Å². The van der Waals surface area contributed by atoms with Crippen LogP contribution in [0.15, 0.2) is 193 Å². The van der Waals surface area contributed by atoms with Crippen molar-refractivity contribution in [3.8, 4) is 66.8 Å². The van der Waals surface area contributed by atoms with Crippen LogP contribution in [0.2, 0.25) is 4.13 Å². The first-order valence-electron chi connectivity index (χ1n) is 22.3. The zero-order valence-electron chi connectivity index (χ0n) is 36.6. The van der Waals surface area contributed by atoms with Crippen molar-refractivity contribution < 1.29 is 16.4 Å². The number of rotatable bonds is 9. The minimum atomic E-state index is -5.05. The number of halogens is 2. The third kappa shape index (κ3) is 7.28. The number of benzene rings is 8. The molecule has 2 aliphatic carbocycles. The van der Waals surface area contributed by atoms with Gasteiger partial charge in [-0.25, -0.2) is 0 Å². The second kappa shape index (κ2) is 16.4. The molecule has 0 radical (unpaired) electrons. The van der Waals surface area contributed by atoms with Crippen molar-refractivity contribution in [1.29, 1.82) is 0 Å². The van der Waals surface area contributed by atoms with Crippen LogP contribution in [0.3, 0.4) is 0 Å². The number of fused-ring (bicyclic) bond motifs is 2. The molecule has 0 bridgehead atoms. The Balaban J connectivity index is 1.12. The fourth-order valence-electron chi connectivity index (χ4n) is 11.0. The van der Waals surface area contributed by atoms with E-state index in [9.17, 15) is 0 Å². The van der Waals surface area contributed by atoms with E-state index in [2.05, 4.69) is 229 Å². The van der Waals surface area contributed by atoms with Gasteiger partial charge in [0, 0.05) is 0 Å². The average Bonchev–Trinajstić information content (AvgIpc) is 3.89. The number of hydrogen-bond donors (Lipinski definition) is 0. The summed E-state index contributed by atoms with van der Waals surface area (Å²) in [5.74, 6) is 0. The van der Waals surface area contributed by atoms with Crippen LogP contribution in [0.25, 0.3) is 78.9 Å². The van der Waals surface area contributed by atoms with Crippen molar-refractivity contribution in [1.82, 2.24) is 0 Å². The van der Waals surface area contributed by atoms with Crippen molar-refractivity contribution in [2.45, 2.75) is 46.0 Å². The Morgan fingerprint density at radius 1 is 0.365 bits per heavy atom. The van der Waals surface area contributed by atoms with Crippen LogP contribution < -0.4 is 0 Å². The van der Waals surface area contributed by atoms with E-state index in [0.29, 0.717) is 0 Å². The maximum absolute atomic E-state index is 8.69. The molecule has 0 N–H and O–H groups in total. The summed E-state index contributed by atoms with van der Waals surface area (Å²) >= 11 is -5.05. The topological polar surface area (TPSA) is 0 Å². The van der Waals surface area contributed by atoms with E-state index in [4.69, 9.17) is 17.0 Å². The Bertz CT molecular complexity index is 2780. The molecule has 2 aliphatic rings. The van der Waals surface area contributed by atoms with Gasteiger partial charge in [-0.2, -0.15) is 0 Å². The van der Waals surface area contributed by atoms with E-state index in [1.807, 2.05) is 0 Å². The quantitative estimate of drug-likeness (QED) is 0.135. The molecule has 309 valence electrons.